The molecule has 0 nitrogen and oxygen atoms in total. The average Bonchev–Trinajstić information content (AvgIpc) is 3.27. The molecule has 0 aromatic carbocycles. The first-order valence-electron chi connectivity index (χ1n) is 9.96. The van der Waals surface area contributed by atoms with Crippen LogP contribution in [-0.4, -0.2) is 6.16 Å². The molecule has 0 saturated heterocycles. The number of hydrogen-bond donors (Lipinski definition) is 0. The van der Waals surface area contributed by atoms with Gasteiger partial charge in [0.05, 0.1) is 0 Å². The van der Waals surface area contributed by atoms with Crippen molar-refractivity contribution in [2.45, 2.75) is 89.9 Å². The van der Waals surface area contributed by atoms with Crippen molar-refractivity contribution >= 4 is 9.24 Å². The van der Waals surface area contributed by atoms with Crippen molar-refractivity contribution in [1.82, 2.24) is 0 Å². The molecule has 21 heavy (non-hydrogen) atoms. The SMILES string of the molecule is PCCCCCC(C12CCC(CC1)C2)C12CCC(CC1)C2. The Morgan fingerprint density at radius 1 is 0.762 bits per heavy atom. The lowest BCUT2D eigenvalue weighted by Gasteiger charge is -2.47. The fraction of sp³-hybridized carbons (Fsp3) is 1.00. The third-order valence-electron chi connectivity index (χ3n) is 8.27. The Hall–Kier alpha value is 0.430. The topological polar surface area (TPSA) is 0 Å². The van der Waals surface area contributed by atoms with Gasteiger partial charge in [0.15, 0.2) is 0 Å². The van der Waals surface area contributed by atoms with Crippen LogP contribution in [0.15, 0.2) is 0 Å². The minimum absolute atomic E-state index is 0.824. The fourth-order valence-electron chi connectivity index (χ4n) is 7.38. The maximum atomic E-state index is 2.91. The van der Waals surface area contributed by atoms with Crippen LogP contribution in [0.1, 0.15) is 89.9 Å². The van der Waals surface area contributed by atoms with Crippen LogP contribution in [-0.2, 0) is 0 Å². The molecule has 0 aromatic rings. The van der Waals surface area contributed by atoms with Gasteiger partial charge in [0.25, 0.3) is 0 Å². The highest BCUT2D eigenvalue weighted by atomic mass is 31.0. The maximum Gasteiger partial charge on any atom is -0.0261 e. The molecule has 4 rings (SSSR count). The summed E-state index contributed by atoms with van der Waals surface area (Å²) in [5.41, 5.74) is 1.65. The molecule has 120 valence electrons. The van der Waals surface area contributed by atoms with Gasteiger partial charge in [-0.3, -0.25) is 0 Å². The van der Waals surface area contributed by atoms with Gasteiger partial charge in [-0.25, -0.2) is 0 Å². The zero-order chi connectivity index (χ0) is 14.3. The van der Waals surface area contributed by atoms with E-state index in [0.717, 1.165) is 28.6 Å². The van der Waals surface area contributed by atoms with Gasteiger partial charge < -0.3 is 0 Å². The maximum absolute atomic E-state index is 2.91. The molecule has 0 spiro atoms. The molecule has 4 saturated carbocycles. The predicted molar refractivity (Wildman–Crippen MR) is 94.6 cm³/mol. The minimum Gasteiger partial charge on any atom is -0.138 e. The molecule has 1 unspecified atom stereocenters. The van der Waals surface area contributed by atoms with Crippen LogP contribution in [0.5, 0.6) is 0 Å². The summed E-state index contributed by atoms with van der Waals surface area (Å²) in [6, 6.07) is 0. The zero-order valence-corrected chi connectivity index (χ0v) is 15.1. The Bertz CT molecular complexity index is 328. The molecule has 0 N–H and O–H groups in total. The lowest BCUT2D eigenvalue weighted by atomic mass is 9.57. The third kappa shape index (κ3) is 2.52. The summed E-state index contributed by atoms with van der Waals surface area (Å²) in [7, 11) is 2.91. The summed E-state index contributed by atoms with van der Waals surface area (Å²) >= 11 is 0. The molecular weight excluding hydrogens is 271 g/mol. The average molecular weight is 306 g/mol. The quantitative estimate of drug-likeness (QED) is 0.388. The second-order valence-corrected chi connectivity index (χ2v) is 9.79. The van der Waals surface area contributed by atoms with Crippen molar-refractivity contribution in [3.63, 3.8) is 0 Å². The third-order valence-corrected chi connectivity index (χ3v) is 8.68. The van der Waals surface area contributed by atoms with Crippen LogP contribution in [0.25, 0.3) is 0 Å². The molecule has 0 heterocycles. The molecular formula is C20H35P. The monoisotopic (exact) mass is 306 g/mol. The lowest BCUT2D eigenvalue weighted by molar-refractivity contribution is 0.0216. The van der Waals surface area contributed by atoms with Gasteiger partial charge in [0, 0.05) is 0 Å². The summed E-state index contributed by atoms with van der Waals surface area (Å²) in [5.74, 6) is 3.39. The first kappa shape index (κ1) is 15.0. The first-order chi connectivity index (χ1) is 10.3. The Morgan fingerprint density at radius 2 is 1.29 bits per heavy atom. The zero-order valence-electron chi connectivity index (χ0n) is 13.9. The van der Waals surface area contributed by atoms with Gasteiger partial charge in [-0.05, 0) is 112 Å². The number of fused-ring (bicyclic) bond motifs is 4. The summed E-state index contributed by atoms with van der Waals surface area (Å²) in [6.07, 6.45) is 23.4. The summed E-state index contributed by atoms with van der Waals surface area (Å²) < 4.78 is 0. The summed E-state index contributed by atoms with van der Waals surface area (Å²) in [4.78, 5) is 0. The molecule has 1 heteroatoms. The van der Waals surface area contributed by atoms with E-state index in [1.165, 1.54) is 25.4 Å². The van der Waals surface area contributed by atoms with Crippen LogP contribution in [0, 0.1) is 28.6 Å². The normalized spacial score (nSPS) is 45.6. The van der Waals surface area contributed by atoms with E-state index in [2.05, 4.69) is 9.24 Å². The van der Waals surface area contributed by atoms with Crippen LogP contribution >= 0.6 is 9.24 Å². The molecule has 0 aromatic heterocycles. The highest BCUT2D eigenvalue weighted by molar-refractivity contribution is 7.16. The van der Waals surface area contributed by atoms with Gasteiger partial charge in [-0.15, -0.1) is 9.24 Å². The van der Waals surface area contributed by atoms with E-state index >= 15 is 0 Å². The van der Waals surface area contributed by atoms with E-state index in [4.69, 9.17) is 0 Å². The Labute approximate surface area is 134 Å². The Morgan fingerprint density at radius 3 is 1.67 bits per heavy atom. The van der Waals surface area contributed by atoms with Gasteiger partial charge in [0.1, 0.15) is 0 Å². The standard InChI is InChI=1S/C20H35P/c21-13-3-1-2-4-18(19-9-5-16(14-19)6-10-19)20-11-7-17(15-20)8-12-20/h16-18H,1-15,21H2. The van der Waals surface area contributed by atoms with Gasteiger partial charge in [-0.1, -0.05) is 12.8 Å². The van der Waals surface area contributed by atoms with Crippen molar-refractivity contribution in [3.05, 3.63) is 0 Å². The van der Waals surface area contributed by atoms with Crippen molar-refractivity contribution in [1.29, 1.82) is 0 Å². The van der Waals surface area contributed by atoms with E-state index in [1.807, 2.05) is 0 Å². The van der Waals surface area contributed by atoms with E-state index in [-0.39, 0.29) is 0 Å². The summed E-state index contributed by atoms with van der Waals surface area (Å²) in [6.45, 7) is 0. The summed E-state index contributed by atoms with van der Waals surface area (Å²) in [5, 5.41) is 0. The minimum atomic E-state index is 0.824. The van der Waals surface area contributed by atoms with Crippen molar-refractivity contribution in [3.8, 4) is 0 Å². The first-order valence-corrected chi connectivity index (χ1v) is 10.8. The second kappa shape index (κ2) is 5.81. The largest absolute Gasteiger partial charge is 0.138 e. The van der Waals surface area contributed by atoms with E-state index < -0.39 is 0 Å². The number of rotatable bonds is 7. The lowest BCUT2D eigenvalue weighted by Crippen LogP contribution is -2.39. The van der Waals surface area contributed by atoms with Gasteiger partial charge >= 0.3 is 0 Å². The Kier molecular flexibility index (Phi) is 4.15. The predicted octanol–water partition coefficient (Wildman–Crippen LogP) is 6.20. The van der Waals surface area contributed by atoms with Crippen LogP contribution in [0.2, 0.25) is 0 Å². The molecule has 1 atom stereocenters. The van der Waals surface area contributed by atoms with E-state index in [0.29, 0.717) is 0 Å². The number of hydrogen-bond acceptors (Lipinski definition) is 0. The highest BCUT2D eigenvalue weighted by Crippen LogP contribution is 2.69. The van der Waals surface area contributed by atoms with Crippen LogP contribution < -0.4 is 0 Å². The van der Waals surface area contributed by atoms with Gasteiger partial charge in [-0.2, -0.15) is 0 Å². The van der Waals surface area contributed by atoms with Crippen LogP contribution in [0.4, 0.5) is 0 Å². The molecule has 0 amide bonds. The Balaban J connectivity index is 1.51. The molecule has 4 aliphatic rings. The van der Waals surface area contributed by atoms with Crippen molar-refractivity contribution < 1.29 is 0 Å². The molecule has 4 bridgehead atoms. The molecule has 0 aliphatic heterocycles. The second-order valence-electron chi connectivity index (χ2n) is 9.21. The van der Waals surface area contributed by atoms with Crippen LogP contribution in [0.3, 0.4) is 0 Å². The van der Waals surface area contributed by atoms with E-state index in [1.54, 1.807) is 70.6 Å². The van der Waals surface area contributed by atoms with Crippen molar-refractivity contribution in [2.24, 2.45) is 28.6 Å². The van der Waals surface area contributed by atoms with Crippen molar-refractivity contribution in [2.75, 3.05) is 6.16 Å². The van der Waals surface area contributed by atoms with E-state index in [9.17, 15) is 0 Å². The molecule has 0 radical (unpaired) electrons. The van der Waals surface area contributed by atoms with Gasteiger partial charge in [0.2, 0.25) is 0 Å². The molecule has 4 aliphatic carbocycles. The highest BCUT2D eigenvalue weighted by Gasteiger charge is 2.59. The smallest absolute Gasteiger partial charge is 0.0261 e. The fourth-order valence-corrected chi connectivity index (χ4v) is 7.67. The number of unbranched alkanes of at least 4 members (excludes halogenated alkanes) is 2. The molecule has 4 fully saturated rings.